The van der Waals surface area contributed by atoms with Crippen LogP contribution in [-0.2, 0) is 4.79 Å². The maximum atomic E-state index is 12.3. The van der Waals surface area contributed by atoms with E-state index in [4.69, 9.17) is 11.6 Å². The first-order chi connectivity index (χ1) is 8.49. The molecule has 1 aliphatic rings. The van der Waals surface area contributed by atoms with E-state index in [1.165, 1.54) is 0 Å². The lowest BCUT2D eigenvalue weighted by atomic mass is 9.98. The van der Waals surface area contributed by atoms with Gasteiger partial charge in [-0.25, -0.2) is 0 Å². The molecule has 1 aromatic carbocycles. The number of amides is 1. The van der Waals surface area contributed by atoms with Crippen molar-refractivity contribution in [3.05, 3.63) is 33.3 Å². The van der Waals surface area contributed by atoms with Crippen LogP contribution in [0.3, 0.4) is 0 Å². The molecule has 3 nitrogen and oxygen atoms in total. The Kier molecular flexibility index (Phi) is 4.07. The van der Waals surface area contributed by atoms with Crippen molar-refractivity contribution >= 4 is 39.2 Å². The van der Waals surface area contributed by atoms with Gasteiger partial charge in [0.15, 0.2) is 0 Å². The molecule has 0 radical (unpaired) electrons. The molecule has 1 aliphatic heterocycles. The van der Waals surface area contributed by atoms with Crippen molar-refractivity contribution in [1.82, 2.24) is 4.90 Å². The number of carbonyl (C=O) groups is 2. The van der Waals surface area contributed by atoms with Gasteiger partial charge in [-0.2, -0.15) is 0 Å². The van der Waals surface area contributed by atoms with E-state index < -0.39 is 0 Å². The molecule has 1 amide bonds. The van der Waals surface area contributed by atoms with Crippen LogP contribution < -0.4 is 0 Å². The van der Waals surface area contributed by atoms with Crippen molar-refractivity contribution in [2.45, 2.75) is 13.3 Å². The summed E-state index contributed by atoms with van der Waals surface area (Å²) in [6, 6.07) is 5.14. The van der Waals surface area contributed by atoms with Crippen molar-refractivity contribution in [3.63, 3.8) is 0 Å². The smallest absolute Gasteiger partial charge is 0.253 e. The highest BCUT2D eigenvalue weighted by Crippen LogP contribution is 2.24. The monoisotopic (exact) mass is 329 g/mol. The molecule has 0 bridgehead atoms. The number of halogens is 2. The molecule has 0 N–H and O–H groups in total. The van der Waals surface area contributed by atoms with Crippen molar-refractivity contribution in [2.24, 2.45) is 5.92 Å². The number of nitrogens with zero attached hydrogens (tertiary/aromatic N) is 1. The maximum Gasteiger partial charge on any atom is 0.253 e. The van der Waals surface area contributed by atoms with Crippen LogP contribution >= 0.6 is 27.5 Å². The maximum absolute atomic E-state index is 12.3. The van der Waals surface area contributed by atoms with E-state index >= 15 is 0 Å². The second-order valence-corrected chi connectivity index (χ2v) is 5.76. The molecule has 1 unspecified atom stereocenters. The summed E-state index contributed by atoms with van der Waals surface area (Å²) in [7, 11) is 0. The topological polar surface area (TPSA) is 37.4 Å². The molecular formula is C13H13BrClNO2. The standard InChI is InChI=1S/C13H13BrClNO2/c1-8-7-16(5-4-12(8)17)13(18)9-2-3-10(14)11(15)6-9/h2-3,6,8H,4-5,7H2,1H3. The van der Waals surface area contributed by atoms with Gasteiger partial charge in [0.25, 0.3) is 5.91 Å². The van der Waals surface area contributed by atoms with Crippen LogP contribution in [0.1, 0.15) is 23.7 Å². The lowest BCUT2D eigenvalue weighted by Crippen LogP contribution is -2.43. The number of likely N-dealkylation sites (tertiary alicyclic amines) is 1. The zero-order valence-electron chi connectivity index (χ0n) is 9.95. The van der Waals surface area contributed by atoms with E-state index in [0.29, 0.717) is 30.1 Å². The molecule has 1 heterocycles. The summed E-state index contributed by atoms with van der Waals surface area (Å²) in [6.45, 7) is 2.84. The van der Waals surface area contributed by atoms with Gasteiger partial charge in [0.2, 0.25) is 0 Å². The molecule has 5 heteroatoms. The van der Waals surface area contributed by atoms with Gasteiger partial charge in [-0.1, -0.05) is 18.5 Å². The van der Waals surface area contributed by atoms with Gasteiger partial charge in [0.1, 0.15) is 5.78 Å². The van der Waals surface area contributed by atoms with E-state index in [1.807, 2.05) is 6.92 Å². The van der Waals surface area contributed by atoms with E-state index in [0.717, 1.165) is 4.47 Å². The minimum atomic E-state index is -0.0754. The Morgan fingerprint density at radius 3 is 2.83 bits per heavy atom. The number of carbonyl (C=O) groups excluding carboxylic acids is 2. The predicted molar refractivity (Wildman–Crippen MR) is 73.8 cm³/mol. The van der Waals surface area contributed by atoms with Crippen molar-refractivity contribution in [1.29, 1.82) is 0 Å². The lowest BCUT2D eigenvalue weighted by molar-refractivity contribution is -0.124. The third-order valence-corrected chi connectivity index (χ3v) is 4.36. The van der Waals surface area contributed by atoms with Crippen molar-refractivity contribution in [2.75, 3.05) is 13.1 Å². The molecule has 96 valence electrons. The number of hydrogen-bond acceptors (Lipinski definition) is 2. The van der Waals surface area contributed by atoms with E-state index in [1.54, 1.807) is 23.1 Å². The van der Waals surface area contributed by atoms with Gasteiger partial charge >= 0.3 is 0 Å². The van der Waals surface area contributed by atoms with Crippen molar-refractivity contribution < 1.29 is 9.59 Å². The summed E-state index contributed by atoms with van der Waals surface area (Å²) in [6.07, 6.45) is 0.442. The first-order valence-electron chi connectivity index (χ1n) is 5.76. The summed E-state index contributed by atoms with van der Waals surface area (Å²) in [4.78, 5) is 25.4. The van der Waals surface area contributed by atoms with Gasteiger partial charge < -0.3 is 4.90 Å². The van der Waals surface area contributed by atoms with Crippen LogP contribution in [0.15, 0.2) is 22.7 Å². The number of benzene rings is 1. The second-order valence-electron chi connectivity index (χ2n) is 4.50. The molecule has 1 fully saturated rings. The largest absolute Gasteiger partial charge is 0.337 e. The number of Topliss-reactive ketones (excluding diaryl/α,β-unsaturated/α-hetero) is 1. The fraction of sp³-hybridized carbons (Fsp3) is 0.385. The third kappa shape index (κ3) is 2.75. The summed E-state index contributed by atoms with van der Waals surface area (Å²) in [5.41, 5.74) is 0.560. The van der Waals surface area contributed by atoms with Gasteiger partial charge in [0.05, 0.1) is 5.02 Å². The average Bonchev–Trinajstić information content (AvgIpc) is 2.35. The van der Waals surface area contributed by atoms with Gasteiger partial charge in [0, 0.05) is 35.5 Å². The Balaban J connectivity index is 2.16. The van der Waals surface area contributed by atoms with Crippen LogP contribution in [0.4, 0.5) is 0 Å². The molecule has 18 heavy (non-hydrogen) atoms. The SMILES string of the molecule is CC1CN(C(=O)c2ccc(Br)c(Cl)c2)CCC1=O. The molecule has 1 saturated heterocycles. The highest BCUT2D eigenvalue weighted by molar-refractivity contribution is 9.10. The van der Waals surface area contributed by atoms with Gasteiger partial charge in [-0.3, -0.25) is 9.59 Å². The van der Waals surface area contributed by atoms with Crippen LogP contribution in [0.25, 0.3) is 0 Å². The summed E-state index contributed by atoms with van der Waals surface area (Å²) in [5, 5.41) is 0.516. The Morgan fingerprint density at radius 2 is 2.22 bits per heavy atom. The molecule has 2 rings (SSSR count). The third-order valence-electron chi connectivity index (χ3n) is 3.13. The minimum absolute atomic E-state index is 0.0660. The Bertz CT molecular complexity index is 504. The van der Waals surface area contributed by atoms with Gasteiger partial charge in [-0.15, -0.1) is 0 Å². The predicted octanol–water partition coefficient (Wildman–Crippen LogP) is 3.15. The van der Waals surface area contributed by atoms with E-state index in [2.05, 4.69) is 15.9 Å². The lowest BCUT2D eigenvalue weighted by Gasteiger charge is -2.30. The van der Waals surface area contributed by atoms with Crippen LogP contribution in [0.2, 0.25) is 5.02 Å². The Labute approximate surface area is 119 Å². The summed E-state index contributed by atoms with van der Waals surface area (Å²) in [5.74, 6) is 0.0882. The molecular weight excluding hydrogens is 318 g/mol. The van der Waals surface area contributed by atoms with E-state index in [-0.39, 0.29) is 17.6 Å². The summed E-state index contributed by atoms with van der Waals surface area (Å²) < 4.78 is 0.767. The molecule has 0 aromatic heterocycles. The number of hydrogen-bond donors (Lipinski definition) is 0. The number of rotatable bonds is 1. The first kappa shape index (κ1) is 13.6. The highest BCUT2D eigenvalue weighted by atomic mass is 79.9. The molecule has 1 aromatic rings. The van der Waals surface area contributed by atoms with Crippen LogP contribution in [-0.4, -0.2) is 29.7 Å². The second kappa shape index (κ2) is 5.41. The first-order valence-corrected chi connectivity index (χ1v) is 6.93. The Morgan fingerprint density at radius 1 is 1.50 bits per heavy atom. The van der Waals surface area contributed by atoms with E-state index in [9.17, 15) is 9.59 Å². The fourth-order valence-electron chi connectivity index (χ4n) is 2.01. The zero-order valence-corrected chi connectivity index (χ0v) is 12.3. The minimum Gasteiger partial charge on any atom is -0.337 e. The highest BCUT2D eigenvalue weighted by Gasteiger charge is 2.27. The summed E-state index contributed by atoms with van der Waals surface area (Å²) >= 11 is 9.27. The van der Waals surface area contributed by atoms with Crippen LogP contribution in [0.5, 0.6) is 0 Å². The average molecular weight is 331 g/mol. The normalized spacial score (nSPS) is 20.1. The molecule has 0 aliphatic carbocycles. The molecule has 0 spiro atoms. The van der Waals surface area contributed by atoms with Crippen LogP contribution in [0, 0.1) is 5.92 Å². The molecule has 1 atom stereocenters. The quantitative estimate of drug-likeness (QED) is 0.793. The number of ketones is 1. The Hall–Kier alpha value is -0.870. The van der Waals surface area contributed by atoms with Gasteiger partial charge in [-0.05, 0) is 34.1 Å². The van der Waals surface area contributed by atoms with Crippen molar-refractivity contribution in [3.8, 4) is 0 Å². The fourth-order valence-corrected chi connectivity index (χ4v) is 2.44. The zero-order chi connectivity index (χ0) is 13.3. The molecule has 0 saturated carbocycles. The number of piperidine rings is 1.